The highest BCUT2D eigenvalue weighted by Gasteiger charge is 2.21. The molecule has 11 heteroatoms. The van der Waals surface area contributed by atoms with E-state index in [1.807, 2.05) is 0 Å². The molecule has 0 atom stereocenters. The van der Waals surface area contributed by atoms with E-state index in [-0.39, 0.29) is 21.0 Å². The molecule has 2 aromatic rings. The fraction of sp³-hybridized carbons (Fsp3) is 0. The van der Waals surface area contributed by atoms with Crippen molar-refractivity contribution in [2.75, 3.05) is 4.72 Å². The molecule has 1 aromatic carbocycles. The van der Waals surface area contributed by atoms with Crippen LogP contribution in [0.25, 0.3) is 0 Å². The zero-order valence-electron chi connectivity index (χ0n) is 10.0. The fourth-order valence-electron chi connectivity index (χ4n) is 1.36. The van der Waals surface area contributed by atoms with E-state index in [2.05, 4.69) is 14.7 Å². The Labute approximate surface area is 128 Å². The van der Waals surface area contributed by atoms with Gasteiger partial charge in [-0.15, -0.1) is 0 Å². The lowest BCUT2D eigenvalue weighted by Crippen LogP contribution is -2.15. The lowest BCUT2D eigenvalue weighted by molar-refractivity contribution is -0.384. The molecular weight excluding hydrogens is 343 g/mol. The molecule has 0 aliphatic carbocycles. The summed E-state index contributed by atoms with van der Waals surface area (Å²) in [5, 5.41) is 10.6. The molecule has 21 heavy (non-hydrogen) atoms. The summed E-state index contributed by atoms with van der Waals surface area (Å²) in [4.78, 5) is 17.0. The van der Waals surface area contributed by atoms with Gasteiger partial charge < -0.3 is 0 Å². The number of nitro benzene ring substituents is 1. The van der Waals surface area contributed by atoms with Crippen LogP contribution < -0.4 is 4.72 Å². The van der Waals surface area contributed by atoms with Crippen LogP contribution in [0.5, 0.6) is 0 Å². The summed E-state index contributed by atoms with van der Waals surface area (Å²) < 4.78 is 26.3. The number of hydrogen-bond donors (Lipinski definition) is 1. The van der Waals surface area contributed by atoms with E-state index >= 15 is 0 Å². The highest BCUT2D eigenvalue weighted by Crippen LogP contribution is 2.27. The summed E-state index contributed by atoms with van der Waals surface area (Å²) in [6.07, 6.45) is 1.26. The minimum Gasteiger partial charge on any atom is -0.258 e. The van der Waals surface area contributed by atoms with E-state index in [4.69, 9.17) is 23.2 Å². The van der Waals surface area contributed by atoms with Crippen molar-refractivity contribution in [1.29, 1.82) is 0 Å². The molecule has 2 rings (SSSR count). The fourth-order valence-corrected chi connectivity index (χ4v) is 2.66. The standard InChI is InChI=1S/C10H6Cl2N4O4S/c11-7-2-1-6(5-8(7)16(17)18)21(19,20)15-10-13-4-3-9(12)14-10/h1-5H,(H,13,14,15). The largest absolute Gasteiger partial charge is 0.289 e. The van der Waals surface area contributed by atoms with E-state index in [1.54, 1.807) is 0 Å². The zero-order chi connectivity index (χ0) is 15.6. The van der Waals surface area contributed by atoms with Crippen molar-refractivity contribution in [1.82, 2.24) is 9.97 Å². The van der Waals surface area contributed by atoms with Gasteiger partial charge >= 0.3 is 0 Å². The third-order valence-electron chi connectivity index (χ3n) is 2.27. The van der Waals surface area contributed by atoms with Gasteiger partial charge in [-0.2, -0.15) is 0 Å². The van der Waals surface area contributed by atoms with Crippen LogP contribution in [0, 0.1) is 10.1 Å². The molecule has 0 aliphatic heterocycles. The van der Waals surface area contributed by atoms with Crippen molar-refractivity contribution in [3.05, 3.63) is 50.8 Å². The normalized spacial score (nSPS) is 11.1. The molecule has 0 unspecified atom stereocenters. The first-order valence-corrected chi connectivity index (χ1v) is 7.49. The van der Waals surface area contributed by atoms with E-state index in [0.717, 1.165) is 18.2 Å². The number of nitrogens with one attached hydrogen (secondary N) is 1. The van der Waals surface area contributed by atoms with Crippen molar-refractivity contribution in [3.8, 4) is 0 Å². The molecule has 0 spiro atoms. The highest BCUT2D eigenvalue weighted by atomic mass is 35.5. The molecule has 0 bridgehead atoms. The molecule has 1 heterocycles. The van der Waals surface area contributed by atoms with E-state index in [1.165, 1.54) is 12.3 Å². The SMILES string of the molecule is O=[N+]([O-])c1cc(S(=O)(=O)Nc2nccc(Cl)n2)ccc1Cl. The van der Waals surface area contributed by atoms with Gasteiger partial charge in [-0.05, 0) is 18.2 Å². The second-order valence-electron chi connectivity index (χ2n) is 3.68. The number of nitrogens with zero attached hydrogens (tertiary/aromatic N) is 3. The second-order valence-corrected chi connectivity index (χ2v) is 6.16. The Morgan fingerprint density at radius 2 is 1.95 bits per heavy atom. The van der Waals surface area contributed by atoms with Crippen molar-refractivity contribution >= 4 is 44.9 Å². The number of aromatic nitrogens is 2. The molecule has 1 N–H and O–H groups in total. The van der Waals surface area contributed by atoms with E-state index in [0.29, 0.717) is 0 Å². The van der Waals surface area contributed by atoms with Crippen LogP contribution in [-0.4, -0.2) is 23.3 Å². The molecule has 110 valence electrons. The van der Waals surface area contributed by atoms with Gasteiger partial charge in [0.15, 0.2) is 0 Å². The zero-order valence-corrected chi connectivity index (χ0v) is 12.4. The molecule has 8 nitrogen and oxygen atoms in total. The van der Waals surface area contributed by atoms with E-state index in [9.17, 15) is 18.5 Å². The average Bonchev–Trinajstić information content (AvgIpc) is 2.38. The van der Waals surface area contributed by atoms with Crippen LogP contribution >= 0.6 is 23.2 Å². The number of benzene rings is 1. The third kappa shape index (κ3) is 3.57. The lowest BCUT2D eigenvalue weighted by Gasteiger charge is -2.06. The van der Waals surface area contributed by atoms with Gasteiger partial charge in [0.1, 0.15) is 10.2 Å². The molecule has 0 saturated carbocycles. The van der Waals surface area contributed by atoms with Crippen molar-refractivity contribution in [2.24, 2.45) is 0 Å². The van der Waals surface area contributed by atoms with Crippen LogP contribution in [0.1, 0.15) is 0 Å². The third-order valence-corrected chi connectivity index (χ3v) is 4.13. The van der Waals surface area contributed by atoms with Gasteiger partial charge in [0.25, 0.3) is 15.7 Å². The van der Waals surface area contributed by atoms with Crippen LogP contribution in [0.2, 0.25) is 10.2 Å². The molecular formula is C10H6Cl2N4O4S. The molecule has 0 fully saturated rings. The summed E-state index contributed by atoms with van der Waals surface area (Å²) in [5.41, 5.74) is -0.522. The van der Waals surface area contributed by atoms with Crippen LogP contribution in [0.4, 0.5) is 11.6 Å². The Morgan fingerprint density at radius 1 is 1.24 bits per heavy atom. The first-order valence-electron chi connectivity index (χ1n) is 5.25. The maximum absolute atomic E-state index is 12.1. The van der Waals surface area contributed by atoms with Gasteiger partial charge in [0, 0.05) is 12.3 Å². The first kappa shape index (κ1) is 15.4. The average molecular weight is 349 g/mol. The van der Waals surface area contributed by atoms with Gasteiger partial charge in [-0.3, -0.25) is 10.1 Å². The van der Waals surface area contributed by atoms with Gasteiger partial charge in [0.05, 0.1) is 9.82 Å². The molecule has 0 amide bonds. The summed E-state index contributed by atoms with van der Waals surface area (Å²) in [7, 11) is -4.10. The summed E-state index contributed by atoms with van der Waals surface area (Å²) >= 11 is 11.2. The number of hydrogen-bond acceptors (Lipinski definition) is 6. The van der Waals surface area contributed by atoms with Crippen molar-refractivity contribution in [2.45, 2.75) is 4.90 Å². The van der Waals surface area contributed by atoms with Gasteiger partial charge in [0.2, 0.25) is 5.95 Å². The Hall–Kier alpha value is -1.97. The Balaban J connectivity index is 2.40. The number of anilines is 1. The Morgan fingerprint density at radius 3 is 2.57 bits per heavy atom. The lowest BCUT2D eigenvalue weighted by atomic mass is 10.3. The number of halogens is 2. The predicted molar refractivity (Wildman–Crippen MR) is 76.0 cm³/mol. The molecule has 1 aromatic heterocycles. The quantitative estimate of drug-likeness (QED) is 0.515. The number of nitro groups is 1. The predicted octanol–water partition coefficient (Wildman–Crippen LogP) is 2.49. The summed E-state index contributed by atoms with van der Waals surface area (Å²) in [5.74, 6) is -0.250. The molecule has 0 aliphatic rings. The van der Waals surface area contributed by atoms with Crippen LogP contribution in [0.15, 0.2) is 35.4 Å². The van der Waals surface area contributed by atoms with Crippen molar-refractivity contribution < 1.29 is 13.3 Å². The number of rotatable bonds is 4. The van der Waals surface area contributed by atoms with E-state index < -0.39 is 20.6 Å². The topological polar surface area (TPSA) is 115 Å². The highest BCUT2D eigenvalue weighted by molar-refractivity contribution is 7.92. The van der Waals surface area contributed by atoms with Crippen molar-refractivity contribution in [3.63, 3.8) is 0 Å². The van der Waals surface area contributed by atoms with Crippen LogP contribution in [-0.2, 0) is 10.0 Å². The Bertz CT molecular complexity index is 812. The molecule has 0 saturated heterocycles. The maximum Gasteiger partial charge on any atom is 0.289 e. The Kier molecular flexibility index (Phi) is 4.26. The minimum absolute atomic E-state index is 0.0461. The minimum atomic E-state index is -4.10. The number of sulfonamides is 1. The molecule has 0 radical (unpaired) electrons. The summed E-state index contributed by atoms with van der Waals surface area (Å²) in [6.45, 7) is 0. The van der Waals surface area contributed by atoms with Gasteiger partial charge in [-0.25, -0.2) is 23.1 Å². The second kappa shape index (κ2) is 5.80. The maximum atomic E-state index is 12.1. The smallest absolute Gasteiger partial charge is 0.258 e. The summed E-state index contributed by atoms with van der Waals surface area (Å²) in [6, 6.07) is 4.46. The van der Waals surface area contributed by atoms with Crippen LogP contribution in [0.3, 0.4) is 0 Å². The first-order chi connectivity index (χ1) is 9.79. The van der Waals surface area contributed by atoms with Gasteiger partial charge in [-0.1, -0.05) is 23.2 Å². The monoisotopic (exact) mass is 348 g/mol.